The second kappa shape index (κ2) is 3.88. The maximum Gasteiger partial charge on any atom is 0.634 e. The molecule has 0 fully saturated rings. The highest BCUT2D eigenvalue weighted by Gasteiger charge is 2.34. The van der Waals surface area contributed by atoms with E-state index >= 15 is 0 Å². The zero-order valence-electron chi connectivity index (χ0n) is 9.96. The summed E-state index contributed by atoms with van der Waals surface area (Å²) in [5, 5.41) is 0. The molecule has 86 valence electrons. The van der Waals surface area contributed by atoms with Gasteiger partial charge in [-0.3, -0.25) is 0 Å². The van der Waals surface area contributed by atoms with Crippen LogP contribution in [0.1, 0.15) is 19.9 Å². The minimum atomic E-state index is -0.313. The second-order valence-corrected chi connectivity index (χ2v) is 4.50. The highest BCUT2D eigenvalue weighted by Crippen LogP contribution is 2.32. The van der Waals surface area contributed by atoms with Crippen molar-refractivity contribution in [1.29, 1.82) is 0 Å². The zero-order valence-corrected chi connectivity index (χ0v) is 9.96. The van der Waals surface area contributed by atoms with E-state index in [1.54, 1.807) is 0 Å². The van der Waals surface area contributed by atoms with E-state index in [2.05, 4.69) is 30.8 Å². The molecule has 0 radical (unpaired) electrons. The molecule has 3 nitrogen and oxygen atoms in total. The van der Waals surface area contributed by atoms with Gasteiger partial charge in [0.25, 0.3) is 0 Å². The van der Waals surface area contributed by atoms with Crippen LogP contribution in [0.4, 0.5) is 0 Å². The average Bonchev–Trinajstić information content (AvgIpc) is 2.95. The van der Waals surface area contributed by atoms with Gasteiger partial charge in [0, 0.05) is 23.9 Å². The van der Waals surface area contributed by atoms with Gasteiger partial charge in [0.1, 0.15) is 11.5 Å². The van der Waals surface area contributed by atoms with Gasteiger partial charge in [-0.2, -0.15) is 0 Å². The third-order valence-corrected chi connectivity index (χ3v) is 2.92. The molecule has 2 aromatic rings. The molecule has 0 atom stereocenters. The first-order chi connectivity index (χ1) is 8.24. The predicted octanol–water partition coefficient (Wildman–Crippen LogP) is 2.24. The van der Waals surface area contributed by atoms with E-state index in [1.807, 2.05) is 30.3 Å². The summed E-state index contributed by atoms with van der Waals surface area (Å²) in [4.78, 5) is 0. The van der Waals surface area contributed by atoms with Crippen molar-refractivity contribution in [2.75, 3.05) is 0 Å². The molecule has 0 aliphatic carbocycles. The molecule has 17 heavy (non-hydrogen) atoms. The first kappa shape index (κ1) is 10.3. The first-order valence-electron chi connectivity index (χ1n) is 5.84. The Morgan fingerprint density at radius 2 is 1.71 bits per heavy atom. The highest BCUT2D eigenvalue weighted by atomic mass is 16.6. The summed E-state index contributed by atoms with van der Waals surface area (Å²) < 4.78 is 13.6. The van der Waals surface area contributed by atoms with E-state index in [4.69, 9.17) is 9.31 Å². The molecule has 0 saturated carbocycles. The summed E-state index contributed by atoms with van der Waals surface area (Å²) in [5.41, 5.74) is 1.05. The topological polar surface area (TPSA) is 23.4 Å². The Kier molecular flexibility index (Phi) is 2.36. The summed E-state index contributed by atoms with van der Waals surface area (Å²) in [6, 6.07) is 10.2. The van der Waals surface area contributed by atoms with Crippen molar-refractivity contribution >= 4 is 12.6 Å². The Labute approximate surface area is 101 Å². The fourth-order valence-electron chi connectivity index (χ4n) is 1.93. The van der Waals surface area contributed by atoms with E-state index in [-0.39, 0.29) is 7.12 Å². The lowest BCUT2D eigenvalue weighted by Gasteiger charge is -2.06. The van der Waals surface area contributed by atoms with Gasteiger partial charge in [-0.15, -0.1) is 0 Å². The Morgan fingerprint density at radius 3 is 2.24 bits per heavy atom. The van der Waals surface area contributed by atoms with E-state index in [0.29, 0.717) is 6.04 Å². The summed E-state index contributed by atoms with van der Waals surface area (Å²) >= 11 is 0. The molecule has 1 aliphatic heterocycles. The molecule has 0 spiro atoms. The standard InChI is InChI=1S/C13H14BNO2/c1-10(2)15-8-7-11(9-15)14-16-12-5-3-4-6-13(12)17-14/h3-10H,1-2H3. The van der Waals surface area contributed by atoms with Crippen LogP contribution in [0.2, 0.25) is 0 Å². The third-order valence-electron chi connectivity index (χ3n) is 2.92. The molecular weight excluding hydrogens is 213 g/mol. The molecule has 1 aliphatic rings. The normalized spacial score (nSPS) is 13.5. The van der Waals surface area contributed by atoms with E-state index < -0.39 is 0 Å². The van der Waals surface area contributed by atoms with Crippen molar-refractivity contribution in [3.05, 3.63) is 42.7 Å². The maximum atomic E-state index is 5.75. The van der Waals surface area contributed by atoms with Crippen LogP contribution in [0, 0.1) is 0 Å². The van der Waals surface area contributed by atoms with E-state index in [1.165, 1.54) is 0 Å². The second-order valence-electron chi connectivity index (χ2n) is 4.50. The van der Waals surface area contributed by atoms with Crippen molar-refractivity contribution in [2.45, 2.75) is 19.9 Å². The van der Waals surface area contributed by atoms with Crippen LogP contribution < -0.4 is 14.8 Å². The third kappa shape index (κ3) is 1.80. The number of aromatic nitrogens is 1. The smallest absolute Gasteiger partial charge is 0.519 e. The van der Waals surface area contributed by atoms with Gasteiger partial charge in [-0.05, 0) is 32.0 Å². The summed E-state index contributed by atoms with van der Waals surface area (Å²) in [7, 11) is -0.313. The van der Waals surface area contributed by atoms with Gasteiger partial charge in [-0.25, -0.2) is 0 Å². The first-order valence-corrected chi connectivity index (χ1v) is 5.84. The highest BCUT2D eigenvalue weighted by molar-refractivity contribution is 6.63. The van der Waals surface area contributed by atoms with Crippen molar-refractivity contribution in [1.82, 2.24) is 4.57 Å². The molecule has 3 rings (SSSR count). The van der Waals surface area contributed by atoms with E-state index in [9.17, 15) is 0 Å². The number of rotatable bonds is 2. The van der Waals surface area contributed by atoms with Crippen molar-refractivity contribution in [3.63, 3.8) is 0 Å². The minimum absolute atomic E-state index is 0.313. The summed E-state index contributed by atoms with van der Waals surface area (Å²) in [6.45, 7) is 4.30. The molecular formula is C13H14BNO2. The van der Waals surface area contributed by atoms with Crippen LogP contribution in [0.25, 0.3) is 0 Å². The Hall–Kier alpha value is -1.84. The SMILES string of the molecule is CC(C)n1ccc(B2Oc3ccccc3O2)c1. The van der Waals surface area contributed by atoms with Gasteiger partial charge in [0.15, 0.2) is 0 Å². The molecule has 0 N–H and O–H groups in total. The van der Waals surface area contributed by atoms with Crippen LogP contribution in [0.15, 0.2) is 42.7 Å². The van der Waals surface area contributed by atoms with Crippen molar-refractivity contribution < 1.29 is 9.31 Å². The maximum absolute atomic E-state index is 5.75. The largest absolute Gasteiger partial charge is 0.634 e. The average molecular weight is 227 g/mol. The fraction of sp³-hybridized carbons (Fsp3) is 0.231. The number of fused-ring (bicyclic) bond motifs is 1. The number of benzene rings is 1. The van der Waals surface area contributed by atoms with Crippen LogP contribution in [0.5, 0.6) is 11.5 Å². The Balaban J connectivity index is 1.84. The lowest BCUT2D eigenvalue weighted by molar-refractivity contribution is 0.518. The van der Waals surface area contributed by atoms with Crippen LogP contribution in [-0.4, -0.2) is 11.7 Å². The van der Waals surface area contributed by atoms with Gasteiger partial charge in [0.05, 0.1) is 0 Å². The number of hydrogen-bond acceptors (Lipinski definition) is 2. The zero-order chi connectivity index (χ0) is 11.8. The molecule has 4 heteroatoms. The summed E-state index contributed by atoms with van der Waals surface area (Å²) in [5.74, 6) is 1.63. The summed E-state index contributed by atoms with van der Waals surface area (Å²) in [6.07, 6.45) is 4.12. The van der Waals surface area contributed by atoms with Crippen LogP contribution >= 0.6 is 0 Å². The van der Waals surface area contributed by atoms with Gasteiger partial charge in [-0.1, -0.05) is 12.1 Å². The Bertz CT molecular complexity index is 511. The molecule has 0 saturated heterocycles. The number of nitrogens with zero attached hydrogens (tertiary/aromatic N) is 1. The van der Waals surface area contributed by atoms with Crippen molar-refractivity contribution in [3.8, 4) is 11.5 Å². The fourth-order valence-corrected chi connectivity index (χ4v) is 1.93. The predicted molar refractivity (Wildman–Crippen MR) is 67.9 cm³/mol. The van der Waals surface area contributed by atoms with Gasteiger partial charge in [0.2, 0.25) is 0 Å². The monoisotopic (exact) mass is 227 g/mol. The quantitative estimate of drug-likeness (QED) is 0.734. The molecule has 0 unspecified atom stereocenters. The minimum Gasteiger partial charge on any atom is -0.519 e. The molecule has 0 amide bonds. The van der Waals surface area contributed by atoms with Crippen molar-refractivity contribution in [2.24, 2.45) is 0 Å². The van der Waals surface area contributed by atoms with Crippen LogP contribution in [0.3, 0.4) is 0 Å². The lowest BCUT2D eigenvalue weighted by atomic mass is 9.82. The number of hydrogen-bond donors (Lipinski definition) is 0. The lowest BCUT2D eigenvalue weighted by Crippen LogP contribution is -2.38. The number of para-hydroxylation sites is 2. The molecule has 0 bridgehead atoms. The van der Waals surface area contributed by atoms with Gasteiger partial charge >= 0.3 is 7.12 Å². The van der Waals surface area contributed by atoms with Crippen LogP contribution in [-0.2, 0) is 0 Å². The molecule has 2 heterocycles. The van der Waals surface area contributed by atoms with Gasteiger partial charge < -0.3 is 13.9 Å². The molecule has 1 aromatic heterocycles. The van der Waals surface area contributed by atoms with E-state index in [0.717, 1.165) is 17.0 Å². The molecule has 1 aromatic carbocycles. The Morgan fingerprint density at radius 1 is 1.06 bits per heavy atom.